The molecule has 4 aromatic carbocycles. The van der Waals surface area contributed by atoms with Crippen LogP contribution in [0.5, 0.6) is 5.75 Å². The Kier molecular flexibility index (Phi) is 9.50. The second-order valence-electron chi connectivity index (χ2n) is 12.3. The molecule has 0 unspecified atom stereocenters. The molecule has 1 heterocycles. The Bertz CT molecular complexity index is 1730. The van der Waals surface area contributed by atoms with Crippen LogP contribution < -0.4 is 4.74 Å². The van der Waals surface area contributed by atoms with Gasteiger partial charge in [-0.15, -0.1) is 0 Å². The summed E-state index contributed by atoms with van der Waals surface area (Å²) in [5, 5.41) is 10.4. The number of hydrogen-bond donors (Lipinski definition) is 1. The Morgan fingerprint density at radius 1 is 0.872 bits per heavy atom. The Hall–Kier alpha value is -4.82. The number of likely N-dealkylation sites (N-methyl/N-ethyl adjacent to an activating group) is 2. The van der Waals surface area contributed by atoms with Crippen LogP contribution in [0.4, 0.5) is 4.79 Å². The summed E-state index contributed by atoms with van der Waals surface area (Å²) in [7, 11) is 3.33. The van der Waals surface area contributed by atoms with Crippen LogP contribution in [0.3, 0.4) is 0 Å². The van der Waals surface area contributed by atoms with E-state index in [0.29, 0.717) is 17.2 Å². The number of ether oxygens (including phenoxy) is 2. The lowest BCUT2D eigenvalue weighted by atomic mass is 9.84. The topological polar surface area (TPSA) is 96.4 Å². The maximum absolute atomic E-state index is 14.0. The van der Waals surface area contributed by atoms with Crippen LogP contribution in [0.15, 0.2) is 97.1 Å². The quantitative estimate of drug-likeness (QED) is 0.190. The molecule has 8 nitrogen and oxygen atoms in total. The van der Waals surface area contributed by atoms with Gasteiger partial charge >= 0.3 is 12.1 Å². The summed E-state index contributed by atoms with van der Waals surface area (Å²) < 4.78 is 11.8. The Balaban J connectivity index is 1.20. The zero-order chi connectivity index (χ0) is 33.1. The van der Waals surface area contributed by atoms with E-state index < -0.39 is 29.9 Å². The molecular formula is C38H37ClN2O6. The highest BCUT2D eigenvalue weighted by atomic mass is 35.5. The highest BCUT2D eigenvalue weighted by molar-refractivity contribution is 6.30. The first-order valence-electron chi connectivity index (χ1n) is 15.7. The maximum atomic E-state index is 14.0. The van der Waals surface area contributed by atoms with Crippen LogP contribution in [-0.2, 0) is 20.7 Å². The van der Waals surface area contributed by atoms with Crippen LogP contribution in [-0.4, -0.2) is 72.8 Å². The average Bonchev–Trinajstić information content (AvgIpc) is 3.65. The number of benzene rings is 4. The van der Waals surface area contributed by atoms with Gasteiger partial charge in [-0.25, -0.2) is 4.79 Å². The average molecular weight is 653 g/mol. The molecule has 9 heteroatoms. The fraction of sp³-hybridized carbons (Fsp3) is 0.289. The van der Waals surface area contributed by atoms with Crippen molar-refractivity contribution < 1.29 is 29.0 Å². The Morgan fingerprint density at radius 2 is 1.47 bits per heavy atom. The molecule has 3 atom stereocenters. The van der Waals surface area contributed by atoms with Gasteiger partial charge in [0.1, 0.15) is 12.4 Å². The fourth-order valence-corrected chi connectivity index (χ4v) is 6.99. The number of para-hydroxylation sites is 1. The van der Waals surface area contributed by atoms with Gasteiger partial charge in [-0.1, -0.05) is 90.5 Å². The van der Waals surface area contributed by atoms with E-state index >= 15 is 0 Å². The van der Waals surface area contributed by atoms with Crippen LogP contribution in [0.1, 0.15) is 40.5 Å². The van der Waals surface area contributed by atoms with E-state index in [0.717, 1.165) is 33.4 Å². The van der Waals surface area contributed by atoms with Gasteiger partial charge < -0.3 is 24.4 Å². The highest BCUT2D eigenvalue weighted by Crippen LogP contribution is 2.44. The van der Waals surface area contributed by atoms with Crippen LogP contribution >= 0.6 is 11.6 Å². The minimum absolute atomic E-state index is 0.0907. The summed E-state index contributed by atoms with van der Waals surface area (Å²) in [5.74, 6) is -2.04. The molecule has 0 fully saturated rings. The number of aliphatic carboxylic acids is 1. The van der Waals surface area contributed by atoms with Gasteiger partial charge in [0.2, 0.25) is 5.91 Å². The predicted octanol–water partition coefficient (Wildman–Crippen LogP) is 6.86. The molecule has 4 aromatic rings. The molecular weight excluding hydrogens is 616 g/mol. The van der Waals surface area contributed by atoms with Crippen LogP contribution in [0.25, 0.3) is 11.1 Å². The first kappa shape index (κ1) is 32.1. The van der Waals surface area contributed by atoms with Crippen LogP contribution in [0.2, 0.25) is 5.02 Å². The summed E-state index contributed by atoms with van der Waals surface area (Å²) in [6, 6.07) is 30.6. The fourth-order valence-electron chi connectivity index (χ4n) is 6.86. The smallest absolute Gasteiger partial charge is 0.409 e. The van der Waals surface area contributed by atoms with Crippen molar-refractivity contribution in [3.8, 4) is 16.9 Å². The molecule has 2 aliphatic rings. The second-order valence-corrected chi connectivity index (χ2v) is 12.7. The molecule has 0 saturated heterocycles. The van der Waals surface area contributed by atoms with Crippen molar-refractivity contribution in [2.45, 2.75) is 30.7 Å². The minimum atomic E-state index is -1.06. The number of halogens is 1. The summed E-state index contributed by atoms with van der Waals surface area (Å²) in [6.45, 7) is 0.555. The lowest BCUT2D eigenvalue weighted by Gasteiger charge is -2.33. The molecule has 1 N–H and O–H groups in total. The molecule has 6 rings (SSSR count). The molecule has 0 aromatic heterocycles. The third kappa shape index (κ3) is 6.83. The SMILES string of the molecule is CN(C[C@@H](Cc1ccc(Cl)cc1)N(C)C(=O)OCC1c2ccccc2-c2ccccc21)C(=O)[C@@H](CC(=O)O)[C@H]1COc2ccccc21. The lowest BCUT2D eigenvalue weighted by molar-refractivity contribution is -0.145. The van der Waals surface area contributed by atoms with Crippen molar-refractivity contribution in [1.29, 1.82) is 0 Å². The molecule has 2 amide bonds. The number of hydrogen-bond acceptors (Lipinski definition) is 5. The van der Waals surface area contributed by atoms with Crippen molar-refractivity contribution in [1.82, 2.24) is 9.80 Å². The van der Waals surface area contributed by atoms with Gasteiger partial charge in [-0.2, -0.15) is 0 Å². The number of carbonyl (C=O) groups excluding carboxylic acids is 2. The number of carboxylic acids is 1. The van der Waals surface area contributed by atoms with Gasteiger partial charge in [-0.05, 0) is 52.4 Å². The largest absolute Gasteiger partial charge is 0.493 e. The van der Waals surface area contributed by atoms with Crippen molar-refractivity contribution in [2.24, 2.45) is 5.92 Å². The molecule has 242 valence electrons. The molecule has 0 bridgehead atoms. The number of rotatable bonds is 11. The summed E-state index contributed by atoms with van der Waals surface area (Å²) in [4.78, 5) is 42.7. The number of fused-ring (bicyclic) bond motifs is 4. The molecule has 1 aliphatic heterocycles. The van der Waals surface area contributed by atoms with E-state index in [-0.39, 0.29) is 38.0 Å². The number of carbonyl (C=O) groups is 3. The highest BCUT2D eigenvalue weighted by Gasteiger charge is 2.39. The van der Waals surface area contributed by atoms with Crippen molar-refractivity contribution in [2.75, 3.05) is 33.9 Å². The van der Waals surface area contributed by atoms with Gasteiger partial charge in [0, 0.05) is 43.1 Å². The minimum Gasteiger partial charge on any atom is -0.493 e. The lowest BCUT2D eigenvalue weighted by Crippen LogP contribution is -2.48. The van der Waals surface area contributed by atoms with Crippen LogP contribution in [0, 0.1) is 5.92 Å². The van der Waals surface area contributed by atoms with E-state index in [4.69, 9.17) is 21.1 Å². The third-order valence-electron chi connectivity index (χ3n) is 9.35. The third-order valence-corrected chi connectivity index (χ3v) is 9.60. The van der Waals surface area contributed by atoms with Gasteiger partial charge in [0.05, 0.1) is 25.0 Å². The zero-order valence-corrected chi connectivity index (χ0v) is 27.1. The van der Waals surface area contributed by atoms with Gasteiger partial charge in [0.25, 0.3) is 0 Å². The number of carboxylic acid groups (broad SMARTS) is 1. The molecule has 0 radical (unpaired) electrons. The first-order valence-corrected chi connectivity index (χ1v) is 16.1. The predicted molar refractivity (Wildman–Crippen MR) is 180 cm³/mol. The van der Waals surface area contributed by atoms with E-state index in [9.17, 15) is 19.5 Å². The van der Waals surface area contributed by atoms with E-state index in [1.54, 1.807) is 26.2 Å². The van der Waals surface area contributed by atoms with Gasteiger partial charge in [0.15, 0.2) is 0 Å². The number of nitrogens with zero attached hydrogens (tertiary/aromatic N) is 2. The first-order chi connectivity index (χ1) is 22.7. The van der Waals surface area contributed by atoms with E-state index in [1.165, 1.54) is 9.80 Å². The Labute approximate surface area is 279 Å². The molecule has 0 spiro atoms. The van der Waals surface area contributed by atoms with Crippen molar-refractivity contribution in [3.63, 3.8) is 0 Å². The van der Waals surface area contributed by atoms with Crippen molar-refractivity contribution in [3.05, 3.63) is 124 Å². The standard InChI is InChI=1S/C38H37ClN2O6/c1-40(37(44)32(20-36(42)43)34-22-46-35-14-8-7-13-31(34)35)21-26(19-24-15-17-25(39)18-16-24)41(2)38(45)47-23-33-29-11-5-3-9-27(29)28-10-4-6-12-30(28)33/h3-18,26,32-34H,19-23H2,1-2H3,(H,42,43)/t26-,32+,34+/m1/s1. The summed E-state index contributed by atoms with van der Waals surface area (Å²) >= 11 is 6.14. The summed E-state index contributed by atoms with van der Waals surface area (Å²) in [6.07, 6.45) is -0.420. The molecule has 47 heavy (non-hydrogen) atoms. The zero-order valence-electron chi connectivity index (χ0n) is 26.3. The molecule has 0 saturated carbocycles. The Morgan fingerprint density at radius 3 is 2.11 bits per heavy atom. The monoisotopic (exact) mass is 652 g/mol. The van der Waals surface area contributed by atoms with E-state index in [2.05, 4.69) is 24.3 Å². The van der Waals surface area contributed by atoms with Crippen molar-refractivity contribution >= 4 is 29.6 Å². The molecule has 1 aliphatic carbocycles. The maximum Gasteiger partial charge on any atom is 0.409 e. The van der Waals surface area contributed by atoms with Gasteiger partial charge in [-0.3, -0.25) is 9.59 Å². The summed E-state index contributed by atoms with van der Waals surface area (Å²) in [5.41, 5.74) is 6.28. The van der Waals surface area contributed by atoms with E-state index in [1.807, 2.05) is 60.7 Å². The number of amides is 2. The second kappa shape index (κ2) is 13.9. The normalized spacial score (nSPS) is 15.9.